The molecule has 0 aliphatic heterocycles. The molecule has 2 aromatic carbocycles. The van der Waals surface area contributed by atoms with Gasteiger partial charge in [-0.1, -0.05) is 18.2 Å². The van der Waals surface area contributed by atoms with Gasteiger partial charge in [0.25, 0.3) is 0 Å². The minimum absolute atomic E-state index is 0.0923. The number of rotatable bonds is 6. The minimum Gasteiger partial charge on any atom is -0.496 e. The largest absolute Gasteiger partial charge is 0.496 e. The fourth-order valence-electron chi connectivity index (χ4n) is 2.13. The van der Waals surface area contributed by atoms with Crippen molar-refractivity contribution in [1.29, 1.82) is 0 Å². The third-order valence-electron chi connectivity index (χ3n) is 3.29. The molecule has 0 aromatic heterocycles. The molecule has 0 unspecified atom stereocenters. The van der Waals surface area contributed by atoms with Crippen LogP contribution < -0.4 is 19.5 Å². The second kappa shape index (κ2) is 7.49. The highest BCUT2D eigenvalue weighted by atomic mass is 19.1. The van der Waals surface area contributed by atoms with Crippen molar-refractivity contribution in [2.45, 2.75) is 6.42 Å². The summed E-state index contributed by atoms with van der Waals surface area (Å²) in [5, 5.41) is 2.70. The van der Waals surface area contributed by atoms with Crippen LogP contribution in [-0.2, 0) is 11.2 Å². The van der Waals surface area contributed by atoms with Crippen LogP contribution in [0.25, 0.3) is 0 Å². The molecule has 6 heteroatoms. The Labute approximate surface area is 134 Å². The molecule has 0 aliphatic carbocycles. The number of halogens is 1. The van der Waals surface area contributed by atoms with Crippen LogP contribution in [0.1, 0.15) is 5.56 Å². The van der Waals surface area contributed by atoms with Crippen molar-refractivity contribution in [1.82, 2.24) is 0 Å². The molecule has 23 heavy (non-hydrogen) atoms. The van der Waals surface area contributed by atoms with E-state index in [9.17, 15) is 9.18 Å². The summed E-state index contributed by atoms with van der Waals surface area (Å²) in [5.74, 6) is 0.519. The first-order chi connectivity index (χ1) is 11.1. The van der Waals surface area contributed by atoms with E-state index in [0.29, 0.717) is 28.5 Å². The lowest BCUT2D eigenvalue weighted by molar-refractivity contribution is -0.115. The normalized spacial score (nSPS) is 10.1. The van der Waals surface area contributed by atoms with E-state index in [1.165, 1.54) is 27.4 Å². The first kappa shape index (κ1) is 16.6. The maximum atomic E-state index is 13.6. The maximum Gasteiger partial charge on any atom is 0.229 e. The van der Waals surface area contributed by atoms with Gasteiger partial charge >= 0.3 is 0 Å². The maximum absolute atomic E-state index is 13.6. The number of hydrogen-bond donors (Lipinski definition) is 1. The third kappa shape index (κ3) is 3.91. The predicted octanol–water partition coefficient (Wildman–Crippen LogP) is 3.03. The van der Waals surface area contributed by atoms with Crippen molar-refractivity contribution in [3.05, 3.63) is 47.8 Å². The van der Waals surface area contributed by atoms with E-state index in [-0.39, 0.29) is 12.3 Å². The van der Waals surface area contributed by atoms with Crippen molar-refractivity contribution in [2.75, 3.05) is 26.6 Å². The smallest absolute Gasteiger partial charge is 0.229 e. The lowest BCUT2D eigenvalue weighted by Crippen LogP contribution is -2.16. The molecule has 2 aromatic rings. The van der Waals surface area contributed by atoms with Crippen molar-refractivity contribution in [3.8, 4) is 17.2 Å². The van der Waals surface area contributed by atoms with Crippen LogP contribution in [0, 0.1) is 5.82 Å². The number of methoxy groups -OCH3 is 3. The van der Waals surface area contributed by atoms with Crippen LogP contribution in [-0.4, -0.2) is 27.2 Å². The first-order valence-electron chi connectivity index (χ1n) is 6.92. The van der Waals surface area contributed by atoms with Gasteiger partial charge in [0.05, 0.1) is 27.8 Å². The van der Waals surface area contributed by atoms with Crippen LogP contribution >= 0.6 is 0 Å². The third-order valence-corrected chi connectivity index (χ3v) is 3.29. The molecular formula is C17H18FNO4. The number of amides is 1. The number of benzene rings is 2. The van der Waals surface area contributed by atoms with Gasteiger partial charge in [-0.25, -0.2) is 4.39 Å². The van der Waals surface area contributed by atoms with Crippen molar-refractivity contribution >= 4 is 11.6 Å². The number of carbonyl (C=O) groups excluding carboxylic acids is 1. The Morgan fingerprint density at radius 2 is 1.65 bits per heavy atom. The van der Waals surface area contributed by atoms with Gasteiger partial charge in [0.1, 0.15) is 28.8 Å². The summed E-state index contributed by atoms with van der Waals surface area (Å²) in [4.78, 5) is 12.2. The number of hydrogen-bond acceptors (Lipinski definition) is 4. The summed E-state index contributed by atoms with van der Waals surface area (Å²) >= 11 is 0. The Morgan fingerprint density at radius 1 is 1.04 bits per heavy atom. The van der Waals surface area contributed by atoms with Gasteiger partial charge in [-0.3, -0.25) is 4.79 Å². The average Bonchev–Trinajstić information content (AvgIpc) is 2.57. The number of ether oxygens (including phenoxy) is 3. The summed E-state index contributed by atoms with van der Waals surface area (Å²) in [7, 11) is 4.46. The standard InChI is InChI=1S/C17H18FNO4/c1-21-12-9-14(22-2)17(15(10-12)23-3)19-16(20)8-11-6-4-5-7-13(11)18/h4-7,9-10H,8H2,1-3H3,(H,19,20). The molecule has 122 valence electrons. The summed E-state index contributed by atoms with van der Waals surface area (Å²) < 4.78 is 29.3. The number of anilines is 1. The molecule has 1 N–H and O–H groups in total. The number of nitrogens with one attached hydrogen (secondary N) is 1. The Hall–Kier alpha value is -2.76. The van der Waals surface area contributed by atoms with Crippen LogP contribution in [0.3, 0.4) is 0 Å². The van der Waals surface area contributed by atoms with Gasteiger partial charge in [-0.05, 0) is 11.6 Å². The number of carbonyl (C=O) groups is 1. The highest BCUT2D eigenvalue weighted by Gasteiger charge is 2.16. The molecule has 0 saturated carbocycles. The van der Waals surface area contributed by atoms with Crippen molar-refractivity contribution in [2.24, 2.45) is 0 Å². The monoisotopic (exact) mass is 319 g/mol. The average molecular weight is 319 g/mol. The Bertz CT molecular complexity index is 678. The van der Waals surface area contributed by atoms with Gasteiger partial charge < -0.3 is 19.5 Å². The molecule has 5 nitrogen and oxygen atoms in total. The van der Waals surface area contributed by atoms with Gasteiger partial charge in [-0.15, -0.1) is 0 Å². The zero-order valence-corrected chi connectivity index (χ0v) is 13.2. The van der Waals surface area contributed by atoms with Gasteiger partial charge in [0.15, 0.2) is 0 Å². The zero-order chi connectivity index (χ0) is 16.8. The topological polar surface area (TPSA) is 56.8 Å². The highest BCUT2D eigenvalue weighted by Crippen LogP contribution is 2.38. The molecule has 0 saturated heterocycles. The van der Waals surface area contributed by atoms with E-state index in [4.69, 9.17) is 14.2 Å². The van der Waals surface area contributed by atoms with Crippen LogP contribution in [0.2, 0.25) is 0 Å². The van der Waals surface area contributed by atoms with E-state index in [1.807, 2.05) is 0 Å². The molecule has 0 spiro atoms. The lowest BCUT2D eigenvalue weighted by atomic mass is 10.1. The summed E-state index contributed by atoms with van der Waals surface area (Å²) in [6, 6.07) is 9.39. The van der Waals surface area contributed by atoms with Crippen molar-refractivity contribution in [3.63, 3.8) is 0 Å². The lowest BCUT2D eigenvalue weighted by Gasteiger charge is -2.15. The second-order valence-electron chi connectivity index (χ2n) is 4.72. The van der Waals surface area contributed by atoms with E-state index < -0.39 is 5.82 Å². The van der Waals surface area contributed by atoms with Crippen molar-refractivity contribution < 1.29 is 23.4 Å². The molecule has 1 amide bonds. The molecule has 0 atom stereocenters. The van der Waals surface area contributed by atoms with Gasteiger partial charge in [-0.2, -0.15) is 0 Å². The SMILES string of the molecule is COc1cc(OC)c(NC(=O)Cc2ccccc2F)c(OC)c1. The fourth-order valence-corrected chi connectivity index (χ4v) is 2.13. The predicted molar refractivity (Wildman–Crippen MR) is 84.8 cm³/mol. The molecule has 0 fully saturated rings. The van der Waals surface area contributed by atoms with Crippen LogP contribution in [0.5, 0.6) is 17.2 Å². The molecule has 2 rings (SSSR count). The summed E-state index contributed by atoms with van der Waals surface area (Å²) in [5.41, 5.74) is 0.689. The zero-order valence-electron chi connectivity index (χ0n) is 13.2. The second-order valence-corrected chi connectivity index (χ2v) is 4.72. The molecule has 0 radical (unpaired) electrons. The first-order valence-corrected chi connectivity index (χ1v) is 6.92. The fraction of sp³-hybridized carbons (Fsp3) is 0.235. The minimum atomic E-state index is -0.420. The van der Waals surface area contributed by atoms with E-state index in [1.54, 1.807) is 30.3 Å². The van der Waals surface area contributed by atoms with Crippen LogP contribution in [0.15, 0.2) is 36.4 Å². The molecule has 0 aliphatic rings. The van der Waals surface area contributed by atoms with Gasteiger partial charge in [0, 0.05) is 12.1 Å². The van der Waals surface area contributed by atoms with E-state index in [0.717, 1.165) is 0 Å². The summed E-state index contributed by atoms with van der Waals surface area (Å²) in [6.07, 6.45) is -0.0923. The quantitative estimate of drug-likeness (QED) is 0.889. The Kier molecular flexibility index (Phi) is 5.41. The van der Waals surface area contributed by atoms with E-state index in [2.05, 4.69) is 5.32 Å². The summed E-state index contributed by atoms with van der Waals surface area (Å²) in [6.45, 7) is 0. The van der Waals surface area contributed by atoms with Crippen LogP contribution in [0.4, 0.5) is 10.1 Å². The highest BCUT2D eigenvalue weighted by molar-refractivity contribution is 5.95. The van der Waals surface area contributed by atoms with Gasteiger partial charge in [0.2, 0.25) is 5.91 Å². The molecule has 0 bridgehead atoms. The Morgan fingerprint density at radius 3 is 2.17 bits per heavy atom. The van der Waals surface area contributed by atoms with E-state index >= 15 is 0 Å². The Balaban J connectivity index is 2.25. The molecule has 0 heterocycles. The molecular weight excluding hydrogens is 301 g/mol.